The van der Waals surface area contributed by atoms with Crippen molar-refractivity contribution in [2.24, 2.45) is 0 Å². The first kappa shape index (κ1) is 15.9. The normalized spacial score (nSPS) is 10.4. The van der Waals surface area contributed by atoms with E-state index in [1.165, 1.54) is 0 Å². The Morgan fingerprint density at radius 1 is 1.06 bits per heavy atom. The van der Waals surface area contributed by atoms with Crippen molar-refractivity contribution in [2.75, 3.05) is 33.7 Å². The fourth-order valence-corrected chi connectivity index (χ4v) is 1.29. The zero-order chi connectivity index (χ0) is 13.1. The van der Waals surface area contributed by atoms with E-state index in [4.69, 9.17) is 0 Å². The Bertz CT molecular complexity index is 230. The van der Waals surface area contributed by atoms with Gasteiger partial charge < -0.3 is 15.5 Å². The van der Waals surface area contributed by atoms with Gasteiger partial charge in [0.25, 0.3) is 0 Å². The zero-order valence-corrected chi connectivity index (χ0v) is 11.2. The smallest absolute Gasteiger partial charge is 0.239 e. The molecular formula is C12H25N3O2. The van der Waals surface area contributed by atoms with Crippen LogP contribution in [0.25, 0.3) is 0 Å². The van der Waals surface area contributed by atoms with E-state index < -0.39 is 0 Å². The molecule has 0 rings (SSSR count). The molecule has 0 atom stereocenters. The lowest BCUT2D eigenvalue weighted by molar-refractivity contribution is -0.126. The fraction of sp³-hybridized carbons (Fsp3) is 0.833. The van der Waals surface area contributed by atoms with Crippen LogP contribution in [0.15, 0.2) is 0 Å². The second-order valence-corrected chi connectivity index (χ2v) is 4.39. The predicted molar refractivity (Wildman–Crippen MR) is 68.7 cm³/mol. The van der Waals surface area contributed by atoms with Gasteiger partial charge in [0.1, 0.15) is 0 Å². The van der Waals surface area contributed by atoms with Crippen molar-refractivity contribution in [2.45, 2.75) is 32.6 Å². The molecule has 0 fully saturated rings. The second-order valence-electron chi connectivity index (χ2n) is 4.39. The maximum absolute atomic E-state index is 11.3. The molecule has 0 saturated carbocycles. The molecule has 0 radical (unpaired) electrons. The summed E-state index contributed by atoms with van der Waals surface area (Å²) in [7, 11) is 3.99. The minimum absolute atomic E-state index is 0.0460. The van der Waals surface area contributed by atoms with Crippen molar-refractivity contribution in [3.63, 3.8) is 0 Å². The maximum atomic E-state index is 11.3. The molecule has 0 aliphatic heterocycles. The number of carbonyl (C=O) groups excluding carboxylic acids is 2. The van der Waals surface area contributed by atoms with Gasteiger partial charge in [-0.2, -0.15) is 0 Å². The summed E-state index contributed by atoms with van der Waals surface area (Å²) in [5, 5.41) is 5.37. The Morgan fingerprint density at radius 3 is 2.35 bits per heavy atom. The summed E-state index contributed by atoms with van der Waals surface area (Å²) in [5.41, 5.74) is 0. The van der Waals surface area contributed by atoms with E-state index in [0.29, 0.717) is 13.0 Å². The number of nitrogens with zero attached hydrogens (tertiary/aromatic N) is 1. The molecule has 0 aromatic rings. The van der Waals surface area contributed by atoms with E-state index in [-0.39, 0.29) is 18.4 Å². The lowest BCUT2D eigenvalue weighted by Gasteiger charge is -2.10. The van der Waals surface area contributed by atoms with Crippen LogP contribution in [0.2, 0.25) is 0 Å². The summed E-state index contributed by atoms with van der Waals surface area (Å²) in [6.07, 6.45) is 3.29. The van der Waals surface area contributed by atoms with E-state index in [1.807, 2.05) is 21.0 Å². The predicted octanol–water partition coefficient (Wildman–Crippen LogP) is 0.361. The van der Waals surface area contributed by atoms with E-state index >= 15 is 0 Å². The molecule has 0 unspecified atom stereocenters. The Balaban J connectivity index is 3.43. The number of amides is 2. The molecule has 17 heavy (non-hydrogen) atoms. The summed E-state index contributed by atoms with van der Waals surface area (Å²) in [6.45, 7) is 3.72. The van der Waals surface area contributed by atoms with Crippen molar-refractivity contribution >= 4 is 11.8 Å². The monoisotopic (exact) mass is 243 g/mol. The molecule has 0 aromatic carbocycles. The van der Waals surface area contributed by atoms with Crippen molar-refractivity contribution in [1.82, 2.24) is 15.5 Å². The van der Waals surface area contributed by atoms with E-state index in [1.54, 1.807) is 0 Å². The fourth-order valence-electron chi connectivity index (χ4n) is 1.29. The zero-order valence-electron chi connectivity index (χ0n) is 11.2. The van der Waals surface area contributed by atoms with E-state index in [9.17, 15) is 9.59 Å². The quantitative estimate of drug-likeness (QED) is 0.575. The number of hydrogen-bond donors (Lipinski definition) is 2. The van der Waals surface area contributed by atoms with Gasteiger partial charge in [-0.15, -0.1) is 0 Å². The van der Waals surface area contributed by atoms with Gasteiger partial charge in [-0.05, 0) is 33.5 Å². The largest absolute Gasteiger partial charge is 0.355 e. The van der Waals surface area contributed by atoms with Crippen LogP contribution in [0.1, 0.15) is 32.6 Å². The first-order valence-corrected chi connectivity index (χ1v) is 6.24. The maximum Gasteiger partial charge on any atom is 0.239 e. The Labute approximate surface area is 104 Å². The summed E-state index contributed by atoms with van der Waals surface area (Å²) in [6, 6.07) is 0. The van der Waals surface area contributed by atoms with E-state index in [2.05, 4.69) is 15.5 Å². The minimum Gasteiger partial charge on any atom is -0.355 e. The van der Waals surface area contributed by atoms with Gasteiger partial charge in [-0.25, -0.2) is 0 Å². The van der Waals surface area contributed by atoms with E-state index in [0.717, 1.165) is 25.8 Å². The highest BCUT2D eigenvalue weighted by atomic mass is 16.2. The van der Waals surface area contributed by atoms with Crippen molar-refractivity contribution in [1.29, 1.82) is 0 Å². The lowest BCUT2D eigenvalue weighted by atomic mass is 10.2. The highest BCUT2D eigenvalue weighted by Crippen LogP contribution is 1.92. The van der Waals surface area contributed by atoms with Crippen molar-refractivity contribution in [3.05, 3.63) is 0 Å². The SMILES string of the molecule is CCCCC(=O)NCC(=O)NCCCN(C)C. The average Bonchev–Trinajstić information content (AvgIpc) is 2.29. The van der Waals surface area contributed by atoms with Crippen LogP contribution in [0.4, 0.5) is 0 Å². The Kier molecular flexibility index (Phi) is 9.43. The second kappa shape index (κ2) is 10.1. The van der Waals surface area contributed by atoms with Crippen LogP contribution in [-0.4, -0.2) is 50.4 Å². The molecule has 0 spiro atoms. The topological polar surface area (TPSA) is 61.4 Å². The van der Waals surface area contributed by atoms with Crippen LogP contribution in [0, 0.1) is 0 Å². The number of rotatable bonds is 9. The van der Waals surface area contributed by atoms with Gasteiger partial charge in [-0.3, -0.25) is 9.59 Å². The summed E-state index contributed by atoms with van der Waals surface area (Å²) >= 11 is 0. The Morgan fingerprint density at radius 2 is 1.76 bits per heavy atom. The van der Waals surface area contributed by atoms with Crippen LogP contribution in [0.3, 0.4) is 0 Å². The summed E-state index contributed by atoms with van der Waals surface area (Å²) < 4.78 is 0. The number of carbonyl (C=O) groups is 2. The highest BCUT2D eigenvalue weighted by Gasteiger charge is 2.04. The molecule has 2 amide bonds. The number of nitrogens with one attached hydrogen (secondary N) is 2. The Hall–Kier alpha value is -1.10. The lowest BCUT2D eigenvalue weighted by Crippen LogP contribution is -2.37. The van der Waals surface area contributed by atoms with Gasteiger partial charge in [0.15, 0.2) is 0 Å². The number of hydrogen-bond acceptors (Lipinski definition) is 3. The molecule has 0 bridgehead atoms. The van der Waals surface area contributed by atoms with Crippen molar-refractivity contribution in [3.8, 4) is 0 Å². The van der Waals surface area contributed by atoms with Gasteiger partial charge in [0.05, 0.1) is 6.54 Å². The first-order chi connectivity index (χ1) is 8.06. The third-order valence-corrected chi connectivity index (χ3v) is 2.31. The molecule has 0 aliphatic rings. The van der Waals surface area contributed by atoms with Gasteiger partial charge in [0, 0.05) is 13.0 Å². The van der Waals surface area contributed by atoms with Crippen molar-refractivity contribution < 1.29 is 9.59 Å². The minimum atomic E-state index is -0.117. The molecule has 0 heterocycles. The third-order valence-electron chi connectivity index (χ3n) is 2.31. The molecule has 0 aromatic heterocycles. The number of unbranched alkanes of at least 4 members (excludes halogenated alkanes) is 1. The van der Waals surface area contributed by atoms with Crippen LogP contribution < -0.4 is 10.6 Å². The molecule has 0 aliphatic carbocycles. The molecule has 5 nitrogen and oxygen atoms in total. The molecule has 2 N–H and O–H groups in total. The third kappa shape index (κ3) is 11.2. The molecule has 5 heteroatoms. The first-order valence-electron chi connectivity index (χ1n) is 6.24. The summed E-state index contributed by atoms with van der Waals surface area (Å²) in [5.74, 6) is -0.163. The summed E-state index contributed by atoms with van der Waals surface area (Å²) in [4.78, 5) is 24.6. The molecular weight excluding hydrogens is 218 g/mol. The highest BCUT2D eigenvalue weighted by molar-refractivity contribution is 5.84. The van der Waals surface area contributed by atoms with Gasteiger partial charge in [0.2, 0.25) is 11.8 Å². The standard InChI is InChI=1S/C12H25N3O2/c1-4-5-7-11(16)14-10-12(17)13-8-6-9-15(2)3/h4-10H2,1-3H3,(H,13,17)(H,14,16). The average molecular weight is 243 g/mol. The van der Waals surface area contributed by atoms with Crippen LogP contribution in [0.5, 0.6) is 0 Å². The van der Waals surface area contributed by atoms with Gasteiger partial charge in [-0.1, -0.05) is 13.3 Å². The van der Waals surface area contributed by atoms with Crippen LogP contribution >= 0.6 is 0 Å². The van der Waals surface area contributed by atoms with Gasteiger partial charge >= 0.3 is 0 Å². The van der Waals surface area contributed by atoms with Crippen LogP contribution in [-0.2, 0) is 9.59 Å². The molecule has 100 valence electrons. The molecule has 0 saturated heterocycles.